The van der Waals surface area contributed by atoms with Crippen LogP contribution in [0.4, 0.5) is 0 Å². The SMILES string of the molecule is c1ccc(-c2nc(-c3ccc4c(c3)oc3ccc(-c5cccc6c5c5ccccc5n6-c5ccccc5)cc34)nc(-c3ccc4c(c3)sc3ccccc34)n2)cc1. The van der Waals surface area contributed by atoms with Gasteiger partial charge in [-0.05, 0) is 71.8 Å². The van der Waals surface area contributed by atoms with Crippen molar-refractivity contribution in [2.45, 2.75) is 0 Å². The summed E-state index contributed by atoms with van der Waals surface area (Å²) in [5, 5.41) is 7.08. The van der Waals surface area contributed by atoms with E-state index in [1.165, 1.54) is 47.5 Å². The maximum absolute atomic E-state index is 6.56. The molecule has 57 heavy (non-hydrogen) atoms. The first-order valence-corrected chi connectivity index (χ1v) is 19.8. The highest BCUT2D eigenvalue weighted by molar-refractivity contribution is 7.25. The number of thiophene rings is 1. The monoisotopic (exact) mass is 746 g/mol. The molecule has 0 spiro atoms. The van der Waals surface area contributed by atoms with E-state index in [0.717, 1.165) is 49.9 Å². The van der Waals surface area contributed by atoms with E-state index in [0.29, 0.717) is 17.5 Å². The third kappa shape index (κ3) is 5.12. The van der Waals surface area contributed by atoms with Crippen molar-refractivity contribution in [2.75, 3.05) is 0 Å². The highest BCUT2D eigenvalue weighted by Gasteiger charge is 2.19. The number of para-hydroxylation sites is 2. The zero-order valence-corrected chi connectivity index (χ0v) is 31.2. The van der Waals surface area contributed by atoms with Gasteiger partial charge in [0.2, 0.25) is 0 Å². The van der Waals surface area contributed by atoms with Gasteiger partial charge in [-0.15, -0.1) is 11.3 Å². The summed E-state index contributed by atoms with van der Waals surface area (Å²) >= 11 is 1.79. The molecule has 0 unspecified atom stereocenters. The molecule has 0 bridgehead atoms. The Hall–Kier alpha value is -7.41. The minimum Gasteiger partial charge on any atom is -0.456 e. The molecule has 4 heterocycles. The average Bonchev–Trinajstić information content (AvgIpc) is 3.95. The van der Waals surface area contributed by atoms with Crippen LogP contribution in [0.5, 0.6) is 0 Å². The summed E-state index contributed by atoms with van der Waals surface area (Å²) in [5.41, 5.74) is 10.2. The van der Waals surface area contributed by atoms with Crippen LogP contribution < -0.4 is 0 Å². The quantitative estimate of drug-likeness (QED) is 0.176. The molecule has 0 saturated carbocycles. The largest absolute Gasteiger partial charge is 0.456 e. The summed E-state index contributed by atoms with van der Waals surface area (Å²) in [6, 6.07) is 63.9. The van der Waals surface area contributed by atoms with E-state index in [-0.39, 0.29) is 0 Å². The molecule has 0 amide bonds. The van der Waals surface area contributed by atoms with Gasteiger partial charge in [0.25, 0.3) is 0 Å². The lowest BCUT2D eigenvalue weighted by atomic mass is 9.97. The molecule has 0 N–H and O–H groups in total. The molecule has 6 heteroatoms. The molecule has 12 aromatic rings. The summed E-state index contributed by atoms with van der Waals surface area (Å²) in [6.45, 7) is 0. The third-order valence-corrected chi connectivity index (χ3v) is 12.2. The van der Waals surface area contributed by atoms with Crippen molar-refractivity contribution in [1.82, 2.24) is 19.5 Å². The second-order valence-corrected chi connectivity index (χ2v) is 15.5. The van der Waals surface area contributed by atoms with Gasteiger partial charge in [-0.25, -0.2) is 15.0 Å². The van der Waals surface area contributed by atoms with Crippen LogP contribution in [0, 0.1) is 0 Å². The van der Waals surface area contributed by atoms with E-state index >= 15 is 0 Å². The fraction of sp³-hybridized carbons (Fsp3) is 0. The first-order valence-electron chi connectivity index (χ1n) is 19.0. The maximum Gasteiger partial charge on any atom is 0.164 e. The van der Waals surface area contributed by atoms with Crippen molar-refractivity contribution in [3.8, 4) is 51.0 Å². The van der Waals surface area contributed by atoms with E-state index in [9.17, 15) is 0 Å². The van der Waals surface area contributed by atoms with Gasteiger partial charge in [-0.2, -0.15) is 0 Å². The molecule has 4 aromatic heterocycles. The van der Waals surface area contributed by atoms with E-state index in [1.807, 2.05) is 30.3 Å². The molecule has 0 radical (unpaired) electrons. The molecule has 0 saturated heterocycles. The van der Waals surface area contributed by atoms with Crippen LogP contribution in [0.1, 0.15) is 0 Å². The number of rotatable bonds is 5. The lowest BCUT2D eigenvalue weighted by molar-refractivity contribution is 0.669. The molecule has 0 fully saturated rings. The highest BCUT2D eigenvalue weighted by atomic mass is 32.1. The van der Waals surface area contributed by atoms with E-state index in [4.69, 9.17) is 19.4 Å². The Bertz CT molecular complexity index is 3530. The molecule has 8 aromatic carbocycles. The van der Waals surface area contributed by atoms with Crippen molar-refractivity contribution >= 4 is 75.3 Å². The zero-order chi connectivity index (χ0) is 37.5. The maximum atomic E-state index is 6.56. The molecular weight excluding hydrogens is 717 g/mol. The van der Waals surface area contributed by atoms with Gasteiger partial charge < -0.3 is 8.98 Å². The summed E-state index contributed by atoms with van der Waals surface area (Å²) in [5.74, 6) is 1.86. The molecule has 5 nitrogen and oxygen atoms in total. The normalized spacial score (nSPS) is 11.9. The Kier molecular flexibility index (Phi) is 7.03. The minimum atomic E-state index is 0.597. The molecular formula is C51H30N4OS. The van der Waals surface area contributed by atoms with Gasteiger partial charge >= 0.3 is 0 Å². The van der Waals surface area contributed by atoms with Crippen LogP contribution in [0.2, 0.25) is 0 Å². The van der Waals surface area contributed by atoms with Crippen molar-refractivity contribution in [3.05, 3.63) is 182 Å². The van der Waals surface area contributed by atoms with Gasteiger partial charge in [-0.1, -0.05) is 121 Å². The van der Waals surface area contributed by atoms with Crippen LogP contribution in [-0.2, 0) is 0 Å². The van der Waals surface area contributed by atoms with Gasteiger partial charge in [0.05, 0.1) is 11.0 Å². The molecule has 0 aliphatic carbocycles. The van der Waals surface area contributed by atoms with E-state index in [2.05, 4.69) is 156 Å². The van der Waals surface area contributed by atoms with Crippen molar-refractivity contribution in [3.63, 3.8) is 0 Å². The number of benzene rings is 8. The van der Waals surface area contributed by atoms with Gasteiger partial charge in [0.15, 0.2) is 17.5 Å². The Labute approximate surface area is 330 Å². The topological polar surface area (TPSA) is 56.7 Å². The standard InChI is InChI=1S/C51H30N4OS/c1-3-12-31(13-4-1)49-52-50(54-51(53-49)34-23-26-39-38-16-8-10-21-46(38)57-47(39)30-34)33-22-25-37-41-28-32(24-27-44(41)56-45(37)29-33)36-18-11-20-43-48(36)40-17-7-9-19-42(40)55(43)35-14-5-2-6-15-35/h1-30H. The predicted octanol–water partition coefficient (Wildman–Crippen LogP) is 13.9. The van der Waals surface area contributed by atoms with Gasteiger partial charge in [0.1, 0.15) is 11.2 Å². The summed E-state index contributed by atoms with van der Waals surface area (Å²) in [6.07, 6.45) is 0. The number of hydrogen-bond acceptors (Lipinski definition) is 5. The van der Waals surface area contributed by atoms with Crippen LogP contribution in [0.3, 0.4) is 0 Å². The van der Waals surface area contributed by atoms with Crippen LogP contribution in [-0.4, -0.2) is 19.5 Å². The van der Waals surface area contributed by atoms with Gasteiger partial charge in [-0.3, -0.25) is 0 Å². The first-order chi connectivity index (χ1) is 28.2. The second-order valence-electron chi connectivity index (χ2n) is 14.4. The second kappa shape index (κ2) is 12.6. The summed E-state index contributed by atoms with van der Waals surface area (Å²) in [4.78, 5) is 15.1. The van der Waals surface area contributed by atoms with Crippen molar-refractivity contribution in [2.24, 2.45) is 0 Å². The highest BCUT2D eigenvalue weighted by Crippen LogP contribution is 2.41. The Morgan fingerprint density at radius 2 is 1.02 bits per heavy atom. The average molecular weight is 747 g/mol. The minimum absolute atomic E-state index is 0.597. The molecule has 0 aliphatic heterocycles. The summed E-state index contributed by atoms with van der Waals surface area (Å²) in [7, 11) is 0. The van der Waals surface area contributed by atoms with Gasteiger partial charge in [0, 0.05) is 64.1 Å². The number of hydrogen-bond donors (Lipinski definition) is 0. The Morgan fingerprint density at radius 1 is 0.386 bits per heavy atom. The molecule has 12 rings (SSSR count). The Morgan fingerprint density at radius 3 is 1.84 bits per heavy atom. The lowest BCUT2D eigenvalue weighted by Gasteiger charge is -2.09. The molecule has 266 valence electrons. The lowest BCUT2D eigenvalue weighted by Crippen LogP contribution is -2.00. The fourth-order valence-corrected chi connectivity index (χ4v) is 9.56. The molecule has 0 atom stereocenters. The van der Waals surface area contributed by atoms with Crippen LogP contribution in [0.25, 0.3) is 115 Å². The Balaban J connectivity index is 0.988. The summed E-state index contributed by atoms with van der Waals surface area (Å²) < 4.78 is 11.4. The van der Waals surface area contributed by atoms with Crippen LogP contribution >= 0.6 is 11.3 Å². The van der Waals surface area contributed by atoms with Crippen molar-refractivity contribution < 1.29 is 4.42 Å². The fourth-order valence-electron chi connectivity index (χ4n) is 8.41. The van der Waals surface area contributed by atoms with E-state index in [1.54, 1.807) is 11.3 Å². The third-order valence-electron chi connectivity index (χ3n) is 11.1. The number of aromatic nitrogens is 4. The van der Waals surface area contributed by atoms with Crippen LogP contribution in [0.15, 0.2) is 186 Å². The number of furan rings is 1. The zero-order valence-electron chi connectivity index (χ0n) is 30.4. The number of fused-ring (bicyclic) bond motifs is 9. The molecule has 0 aliphatic rings. The number of nitrogens with zero attached hydrogens (tertiary/aromatic N) is 4. The predicted molar refractivity (Wildman–Crippen MR) is 236 cm³/mol. The van der Waals surface area contributed by atoms with Crippen molar-refractivity contribution in [1.29, 1.82) is 0 Å². The first kappa shape index (κ1) is 31.9. The van der Waals surface area contributed by atoms with E-state index < -0.39 is 0 Å². The smallest absolute Gasteiger partial charge is 0.164 e.